The molecular weight excluding hydrogens is 520 g/mol. The fourth-order valence-electron chi connectivity index (χ4n) is 5.18. The summed E-state index contributed by atoms with van der Waals surface area (Å²) in [6.07, 6.45) is -6.66. The molecule has 39 heavy (non-hydrogen) atoms. The number of hydrogen-bond donors (Lipinski definition) is 6. The van der Waals surface area contributed by atoms with Crippen molar-refractivity contribution in [1.82, 2.24) is 0 Å². The van der Waals surface area contributed by atoms with Gasteiger partial charge in [-0.25, -0.2) is 9.59 Å². The maximum Gasteiger partial charge on any atom is 0.337 e. The highest BCUT2D eigenvalue weighted by molar-refractivity contribution is 5.89. The number of benzene rings is 1. The summed E-state index contributed by atoms with van der Waals surface area (Å²) in [5.41, 5.74) is -1.14. The predicted molar refractivity (Wildman–Crippen MR) is 129 cm³/mol. The van der Waals surface area contributed by atoms with Gasteiger partial charge in [-0.3, -0.25) is 0 Å². The number of ether oxygens (including phenoxy) is 5. The number of fused-ring (bicyclic) bond motifs is 1. The standard InChI is InChI=1S/C26H32O13/c1-26(34)17(38-18(29)8-5-12-3-6-13(28)7-4-12)9-14-15(23(33)35-2)11-36-24(19(14)26)39-25-22(32)21(31)20(30)16(10-27)37-25/h3-8,11,14,16-17,19-22,24-25,27-28,30-32,34H,9-10H2,1-2H3/b8-5+/t14-,16-,17+,19-,20-,21+,22-,24+,25+,26+/m1/s1. The third-order valence-electron chi connectivity index (χ3n) is 7.35. The van der Waals surface area contributed by atoms with E-state index in [0.717, 1.165) is 12.3 Å². The molecule has 6 N–H and O–H groups in total. The zero-order chi connectivity index (χ0) is 28.5. The van der Waals surface area contributed by atoms with Gasteiger partial charge in [0, 0.05) is 12.0 Å². The molecule has 1 saturated carbocycles. The molecule has 1 aliphatic carbocycles. The number of carbonyl (C=O) groups is 2. The minimum Gasteiger partial charge on any atom is -0.508 e. The molecule has 0 radical (unpaired) electrons. The molecule has 1 saturated heterocycles. The minimum atomic E-state index is -1.82. The highest BCUT2D eigenvalue weighted by Gasteiger charge is 2.61. The van der Waals surface area contributed by atoms with E-state index in [4.69, 9.17) is 23.7 Å². The van der Waals surface area contributed by atoms with Gasteiger partial charge in [0.2, 0.25) is 6.29 Å². The molecule has 3 aliphatic rings. The molecule has 2 fully saturated rings. The first-order valence-electron chi connectivity index (χ1n) is 12.3. The average Bonchev–Trinajstić information content (AvgIpc) is 3.18. The summed E-state index contributed by atoms with van der Waals surface area (Å²) in [4.78, 5) is 25.1. The number of aromatic hydroxyl groups is 1. The summed E-state index contributed by atoms with van der Waals surface area (Å²) in [6.45, 7) is 0.703. The van der Waals surface area contributed by atoms with Crippen LogP contribution in [0.4, 0.5) is 0 Å². The maximum atomic E-state index is 12.6. The van der Waals surface area contributed by atoms with Crippen LogP contribution in [0.5, 0.6) is 5.75 Å². The van der Waals surface area contributed by atoms with Crippen molar-refractivity contribution in [2.24, 2.45) is 11.8 Å². The van der Waals surface area contributed by atoms with Crippen molar-refractivity contribution < 1.29 is 63.9 Å². The number of carbonyl (C=O) groups excluding carboxylic acids is 2. The smallest absolute Gasteiger partial charge is 0.337 e. The second-order valence-corrected chi connectivity index (χ2v) is 9.85. The maximum absolute atomic E-state index is 12.6. The summed E-state index contributed by atoms with van der Waals surface area (Å²) < 4.78 is 27.1. The Labute approximate surface area is 223 Å². The first-order valence-corrected chi connectivity index (χ1v) is 12.3. The number of phenols is 1. The summed E-state index contributed by atoms with van der Waals surface area (Å²) in [6, 6.07) is 6.08. The van der Waals surface area contributed by atoms with E-state index < -0.39 is 79.1 Å². The molecule has 2 heterocycles. The number of aliphatic hydroxyl groups is 5. The molecule has 1 aromatic rings. The van der Waals surface area contributed by atoms with Crippen LogP contribution in [-0.2, 0) is 33.3 Å². The van der Waals surface area contributed by atoms with Crippen LogP contribution >= 0.6 is 0 Å². The topological polar surface area (TPSA) is 202 Å². The van der Waals surface area contributed by atoms with Gasteiger partial charge in [-0.05, 0) is 37.1 Å². The van der Waals surface area contributed by atoms with Crippen LogP contribution < -0.4 is 0 Å². The minimum absolute atomic E-state index is 0.00467. The van der Waals surface area contributed by atoms with Gasteiger partial charge >= 0.3 is 11.9 Å². The lowest BCUT2D eigenvalue weighted by atomic mass is 9.81. The first kappa shape index (κ1) is 29.0. The third-order valence-corrected chi connectivity index (χ3v) is 7.35. The number of phenolic OH excluding ortho intramolecular Hbond substituents is 1. The van der Waals surface area contributed by atoms with Gasteiger partial charge in [0.05, 0.1) is 31.5 Å². The number of rotatable bonds is 7. The molecule has 0 amide bonds. The normalized spacial score (nSPS) is 38.0. The second-order valence-electron chi connectivity index (χ2n) is 9.85. The average molecular weight is 553 g/mol. The van der Waals surface area contributed by atoms with Gasteiger partial charge in [0.1, 0.15) is 41.9 Å². The van der Waals surface area contributed by atoms with Gasteiger partial charge in [-0.1, -0.05) is 12.1 Å². The quantitative estimate of drug-likeness (QED) is 0.177. The van der Waals surface area contributed by atoms with Gasteiger partial charge in [0.25, 0.3) is 0 Å². The van der Waals surface area contributed by atoms with Gasteiger partial charge in [-0.15, -0.1) is 0 Å². The molecule has 4 rings (SSSR count). The fraction of sp³-hybridized carbons (Fsp3) is 0.538. The molecule has 13 heteroatoms. The van der Waals surface area contributed by atoms with Gasteiger partial charge in [0.15, 0.2) is 6.29 Å². The van der Waals surface area contributed by atoms with Crippen molar-refractivity contribution in [2.45, 2.75) is 62.0 Å². The van der Waals surface area contributed by atoms with E-state index in [1.807, 2.05) is 0 Å². The Balaban J connectivity index is 1.55. The zero-order valence-electron chi connectivity index (χ0n) is 21.2. The molecule has 0 unspecified atom stereocenters. The third kappa shape index (κ3) is 5.79. The van der Waals surface area contributed by atoms with E-state index in [9.17, 15) is 40.2 Å². The second kappa shape index (κ2) is 11.6. The van der Waals surface area contributed by atoms with Crippen LogP contribution in [0.25, 0.3) is 6.08 Å². The van der Waals surface area contributed by atoms with Crippen molar-refractivity contribution in [3.63, 3.8) is 0 Å². The zero-order valence-corrected chi connectivity index (χ0v) is 21.2. The van der Waals surface area contributed by atoms with Crippen molar-refractivity contribution in [3.8, 4) is 5.75 Å². The highest BCUT2D eigenvalue weighted by atomic mass is 16.8. The van der Waals surface area contributed by atoms with Crippen LogP contribution in [0.15, 0.2) is 42.2 Å². The molecule has 0 aromatic heterocycles. The van der Waals surface area contributed by atoms with Crippen LogP contribution in [0.3, 0.4) is 0 Å². The molecular formula is C26H32O13. The lowest BCUT2D eigenvalue weighted by Crippen LogP contribution is -2.61. The Hall–Kier alpha value is -3.04. The van der Waals surface area contributed by atoms with Crippen LogP contribution in [0.2, 0.25) is 0 Å². The summed E-state index contributed by atoms with van der Waals surface area (Å²) >= 11 is 0. The lowest BCUT2D eigenvalue weighted by molar-refractivity contribution is -0.347. The van der Waals surface area contributed by atoms with Crippen LogP contribution in [0, 0.1) is 11.8 Å². The number of esters is 2. The van der Waals surface area contributed by atoms with E-state index >= 15 is 0 Å². The van der Waals surface area contributed by atoms with Crippen LogP contribution in [-0.4, -0.2) is 105 Å². The molecule has 1 aromatic carbocycles. The number of methoxy groups -OCH3 is 1. The summed E-state index contributed by atoms with van der Waals surface area (Å²) in [5.74, 6) is -3.25. The van der Waals surface area contributed by atoms with E-state index in [0.29, 0.717) is 5.56 Å². The Morgan fingerprint density at radius 2 is 1.79 bits per heavy atom. The lowest BCUT2D eigenvalue weighted by Gasteiger charge is -2.44. The monoisotopic (exact) mass is 552 g/mol. The number of aliphatic hydroxyl groups excluding tert-OH is 4. The molecule has 10 atom stereocenters. The predicted octanol–water partition coefficient (Wildman–Crippen LogP) is -1.07. The van der Waals surface area contributed by atoms with Crippen molar-refractivity contribution >= 4 is 18.0 Å². The number of hydrogen-bond acceptors (Lipinski definition) is 13. The Kier molecular flexibility index (Phi) is 8.61. The molecule has 2 aliphatic heterocycles. The molecule has 13 nitrogen and oxygen atoms in total. The van der Waals surface area contributed by atoms with Crippen molar-refractivity contribution in [2.75, 3.05) is 13.7 Å². The van der Waals surface area contributed by atoms with E-state index in [1.165, 1.54) is 32.2 Å². The van der Waals surface area contributed by atoms with E-state index in [2.05, 4.69) is 0 Å². The molecule has 214 valence electrons. The first-order chi connectivity index (χ1) is 18.5. The Bertz CT molecular complexity index is 1100. The largest absolute Gasteiger partial charge is 0.508 e. The Morgan fingerprint density at radius 3 is 2.44 bits per heavy atom. The van der Waals surface area contributed by atoms with Crippen molar-refractivity contribution in [1.29, 1.82) is 0 Å². The highest BCUT2D eigenvalue weighted by Crippen LogP contribution is 2.51. The molecule has 0 bridgehead atoms. The Morgan fingerprint density at radius 1 is 1.10 bits per heavy atom. The molecule has 0 spiro atoms. The van der Waals surface area contributed by atoms with Gasteiger partial charge < -0.3 is 54.3 Å². The SMILES string of the molecule is COC(=O)C1=CO[C@@H](O[C@@H]2O[C@H](CO)[C@@H](O)[C@H](O)[C@H]2O)[C@H]2[C@@H]1C[C@H](OC(=O)/C=C/c1ccc(O)cc1)[C@]2(C)O. The summed E-state index contributed by atoms with van der Waals surface area (Å²) in [7, 11) is 1.17. The van der Waals surface area contributed by atoms with Gasteiger partial charge in [-0.2, -0.15) is 0 Å². The van der Waals surface area contributed by atoms with E-state index in [-0.39, 0.29) is 17.7 Å². The van der Waals surface area contributed by atoms with Crippen molar-refractivity contribution in [3.05, 3.63) is 47.7 Å². The summed E-state index contributed by atoms with van der Waals surface area (Å²) in [5, 5.41) is 60.9. The van der Waals surface area contributed by atoms with E-state index in [1.54, 1.807) is 12.1 Å². The fourth-order valence-corrected chi connectivity index (χ4v) is 5.18. The van der Waals surface area contributed by atoms with Crippen LogP contribution in [0.1, 0.15) is 18.9 Å².